The van der Waals surface area contributed by atoms with Crippen LogP contribution in [0.2, 0.25) is 0 Å². The maximum absolute atomic E-state index is 12.7. The van der Waals surface area contributed by atoms with E-state index in [4.69, 9.17) is 4.74 Å². The van der Waals surface area contributed by atoms with E-state index in [-0.39, 0.29) is 29.9 Å². The van der Waals surface area contributed by atoms with Crippen LogP contribution in [-0.2, 0) is 4.74 Å². The first-order valence-corrected chi connectivity index (χ1v) is 10.0. The Morgan fingerprint density at radius 3 is 2.71 bits per heavy atom. The molecule has 146 valence electrons. The van der Waals surface area contributed by atoms with Crippen LogP contribution in [-0.4, -0.2) is 48.5 Å². The van der Waals surface area contributed by atoms with Crippen molar-refractivity contribution in [3.05, 3.63) is 52.2 Å². The molecule has 4 rings (SSSR count). The van der Waals surface area contributed by atoms with Crippen molar-refractivity contribution in [2.24, 2.45) is 5.92 Å². The average molecular weight is 399 g/mol. The lowest BCUT2D eigenvalue weighted by Crippen LogP contribution is -2.48. The van der Waals surface area contributed by atoms with Gasteiger partial charge in [0.15, 0.2) is 0 Å². The van der Waals surface area contributed by atoms with Crippen LogP contribution in [0.3, 0.4) is 0 Å². The number of amides is 3. The lowest BCUT2D eigenvalue weighted by Gasteiger charge is -2.32. The van der Waals surface area contributed by atoms with Gasteiger partial charge in [-0.2, -0.15) is 0 Å². The number of hydrogen-bond donors (Lipinski definition) is 2. The molecule has 0 radical (unpaired) electrons. The summed E-state index contributed by atoms with van der Waals surface area (Å²) in [6.45, 7) is 0.614. The number of thiophene rings is 1. The van der Waals surface area contributed by atoms with Crippen LogP contribution in [0.4, 0.5) is 10.5 Å². The molecule has 0 spiro atoms. The molecule has 1 aromatic heterocycles. The van der Waals surface area contributed by atoms with Crippen LogP contribution < -0.4 is 10.6 Å². The quantitative estimate of drug-likeness (QED) is 0.774. The van der Waals surface area contributed by atoms with Gasteiger partial charge in [0.1, 0.15) is 0 Å². The summed E-state index contributed by atoms with van der Waals surface area (Å²) in [6.07, 6.45) is 1.66. The molecule has 3 amide bonds. The zero-order valence-corrected chi connectivity index (χ0v) is 16.2. The molecule has 2 fully saturated rings. The summed E-state index contributed by atoms with van der Waals surface area (Å²) < 4.78 is 4.71. The molecule has 3 atom stereocenters. The summed E-state index contributed by atoms with van der Waals surface area (Å²) in [5.41, 5.74) is 0.942. The highest BCUT2D eigenvalue weighted by Crippen LogP contribution is 2.38. The number of piperidine rings is 1. The summed E-state index contributed by atoms with van der Waals surface area (Å²) in [7, 11) is 1.32. The highest BCUT2D eigenvalue weighted by Gasteiger charge is 2.47. The molecule has 28 heavy (non-hydrogen) atoms. The van der Waals surface area contributed by atoms with Crippen LogP contribution in [0.25, 0.3) is 0 Å². The van der Waals surface area contributed by atoms with Gasteiger partial charge < -0.3 is 20.3 Å². The third kappa shape index (κ3) is 3.60. The number of ether oxygens (including phenoxy) is 1. The molecule has 1 aliphatic carbocycles. The summed E-state index contributed by atoms with van der Waals surface area (Å²) in [5.74, 6) is -0.218. The van der Waals surface area contributed by atoms with E-state index in [0.717, 1.165) is 12.8 Å². The highest BCUT2D eigenvalue weighted by atomic mass is 32.1. The van der Waals surface area contributed by atoms with E-state index < -0.39 is 5.97 Å². The molecule has 3 unspecified atom stereocenters. The predicted molar refractivity (Wildman–Crippen MR) is 106 cm³/mol. The number of fused-ring (bicyclic) bond motifs is 2. The summed E-state index contributed by atoms with van der Waals surface area (Å²) in [5, 5.41) is 7.86. The zero-order chi connectivity index (χ0) is 19.7. The normalized spacial score (nSPS) is 22.8. The highest BCUT2D eigenvalue weighted by molar-refractivity contribution is 7.12. The number of nitrogens with one attached hydrogen (secondary N) is 2. The van der Waals surface area contributed by atoms with Gasteiger partial charge in [0.2, 0.25) is 0 Å². The SMILES string of the molecule is COC(=O)c1cccc(NC(=O)N2CC3CC2CC3NC(=O)c2cccs2)c1. The van der Waals surface area contributed by atoms with E-state index in [1.165, 1.54) is 18.4 Å². The minimum Gasteiger partial charge on any atom is -0.465 e. The number of carbonyl (C=O) groups is 3. The molecule has 1 saturated heterocycles. The van der Waals surface area contributed by atoms with E-state index in [1.54, 1.807) is 24.3 Å². The molecule has 2 aromatic rings. The fourth-order valence-electron chi connectivity index (χ4n) is 4.06. The Hall–Kier alpha value is -2.87. The molecule has 2 N–H and O–H groups in total. The van der Waals surface area contributed by atoms with Crippen molar-refractivity contribution < 1.29 is 19.1 Å². The molecular weight excluding hydrogens is 378 g/mol. The Morgan fingerprint density at radius 2 is 2.04 bits per heavy atom. The van der Waals surface area contributed by atoms with Gasteiger partial charge in [-0.15, -0.1) is 11.3 Å². The topological polar surface area (TPSA) is 87.7 Å². The van der Waals surface area contributed by atoms with Crippen molar-refractivity contribution >= 4 is 34.9 Å². The maximum atomic E-state index is 12.7. The molecule has 1 aromatic carbocycles. The van der Waals surface area contributed by atoms with Crippen molar-refractivity contribution in [1.82, 2.24) is 10.2 Å². The molecule has 8 heteroatoms. The monoisotopic (exact) mass is 399 g/mol. The summed E-state index contributed by atoms with van der Waals surface area (Å²) >= 11 is 1.43. The number of benzene rings is 1. The van der Waals surface area contributed by atoms with Crippen LogP contribution in [0.1, 0.15) is 32.9 Å². The Balaban J connectivity index is 1.35. The third-order valence-corrected chi connectivity index (χ3v) is 6.27. The minimum absolute atomic E-state index is 0.0387. The van der Waals surface area contributed by atoms with E-state index in [1.807, 2.05) is 22.4 Å². The van der Waals surface area contributed by atoms with Crippen LogP contribution in [0.15, 0.2) is 41.8 Å². The van der Waals surface area contributed by atoms with Crippen molar-refractivity contribution in [2.75, 3.05) is 19.0 Å². The Morgan fingerprint density at radius 1 is 1.18 bits per heavy atom. The minimum atomic E-state index is -0.444. The molecule has 2 aliphatic rings. The van der Waals surface area contributed by atoms with Crippen LogP contribution >= 0.6 is 11.3 Å². The number of hydrogen-bond acceptors (Lipinski definition) is 5. The Labute approximate surface area is 166 Å². The fraction of sp³-hybridized carbons (Fsp3) is 0.350. The van der Waals surface area contributed by atoms with Gasteiger partial charge in [0.05, 0.1) is 17.6 Å². The average Bonchev–Trinajstić information content (AvgIpc) is 3.44. The summed E-state index contributed by atoms with van der Waals surface area (Å²) in [4.78, 5) is 39.1. The number of nitrogens with zero attached hydrogens (tertiary/aromatic N) is 1. The molecule has 1 saturated carbocycles. The second-order valence-corrected chi connectivity index (χ2v) is 8.05. The van der Waals surface area contributed by atoms with Gasteiger partial charge in [0.25, 0.3) is 5.91 Å². The van der Waals surface area contributed by atoms with E-state index >= 15 is 0 Å². The standard InChI is InChI=1S/C20H21N3O4S/c1-27-19(25)12-4-2-5-14(8-12)21-20(26)23-11-13-9-15(23)10-16(13)22-18(24)17-6-3-7-28-17/h2-8,13,15-16H,9-11H2,1H3,(H,21,26)(H,22,24). The predicted octanol–water partition coefficient (Wildman–Crippen LogP) is 2.96. The van der Waals surface area contributed by atoms with Gasteiger partial charge in [0, 0.05) is 24.3 Å². The number of esters is 1. The number of rotatable bonds is 4. The smallest absolute Gasteiger partial charge is 0.337 e. The number of anilines is 1. The molecule has 1 aliphatic heterocycles. The molecule has 7 nitrogen and oxygen atoms in total. The van der Waals surface area contributed by atoms with Gasteiger partial charge in [-0.1, -0.05) is 12.1 Å². The van der Waals surface area contributed by atoms with Crippen molar-refractivity contribution in [3.63, 3.8) is 0 Å². The van der Waals surface area contributed by atoms with Crippen LogP contribution in [0, 0.1) is 5.92 Å². The lowest BCUT2D eigenvalue weighted by molar-refractivity contribution is 0.0600. The van der Waals surface area contributed by atoms with Crippen molar-refractivity contribution in [3.8, 4) is 0 Å². The summed E-state index contributed by atoms with van der Waals surface area (Å²) in [6, 6.07) is 10.4. The second-order valence-electron chi connectivity index (χ2n) is 7.10. The number of urea groups is 1. The maximum Gasteiger partial charge on any atom is 0.337 e. The van der Waals surface area contributed by atoms with Crippen molar-refractivity contribution in [2.45, 2.75) is 24.9 Å². The number of carbonyl (C=O) groups excluding carboxylic acids is 3. The molecule has 2 heterocycles. The van der Waals surface area contributed by atoms with Crippen molar-refractivity contribution in [1.29, 1.82) is 0 Å². The lowest BCUT2D eigenvalue weighted by atomic mass is 10.0. The largest absolute Gasteiger partial charge is 0.465 e. The molecule has 2 bridgehead atoms. The first kappa shape index (κ1) is 18.5. The Bertz CT molecular complexity index is 899. The van der Waals surface area contributed by atoms with E-state index in [2.05, 4.69) is 10.6 Å². The van der Waals surface area contributed by atoms with Gasteiger partial charge in [-0.05, 0) is 48.4 Å². The first-order chi connectivity index (χ1) is 13.5. The molecular formula is C20H21N3O4S. The third-order valence-electron chi connectivity index (χ3n) is 5.40. The van der Waals surface area contributed by atoms with Gasteiger partial charge in [-0.25, -0.2) is 9.59 Å². The zero-order valence-electron chi connectivity index (χ0n) is 15.4. The van der Waals surface area contributed by atoms with Crippen LogP contribution in [0.5, 0.6) is 0 Å². The number of likely N-dealkylation sites (tertiary alicyclic amines) is 1. The first-order valence-electron chi connectivity index (χ1n) is 9.15. The number of methoxy groups -OCH3 is 1. The Kier molecular flexibility index (Phi) is 5.04. The van der Waals surface area contributed by atoms with Gasteiger partial charge in [-0.3, -0.25) is 4.79 Å². The van der Waals surface area contributed by atoms with Gasteiger partial charge >= 0.3 is 12.0 Å². The second kappa shape index (κ2) is 7.63. The fourth-order valence-corrected chi connectivity index (χ4v) is 4.69. The van der Waals surface area contributed by atoms with E-state index in [0.29, 0.717) is 22.7 Å². The van der Waals surface area contributed by atoms with E-state index in [9.17, 15) is 14.4 Å².